The number of carboxylic acids is 1. The van der Waals surface area contributed by atoms with Crippen molar-refractivity contribution in [3.8, 4) is 11.4 Å². The van der Waals surface area contributed by atoms with Gasteiger partial charge in [0.25, 0.3) is 5.91 Å². The van der Waals surface area contributed by atoms with Gasteiger partial charge in [-0.1, -0.05) is 12.1 Å². The SMILES string of the molecule is Cn1nnc(-c2ccc(C(=O)N3CCOC[C@H]3CC(=O)O)cc2)n1. The number of nitrogens with zero attached hydrogens (tertiary/aromatic N) is 5. The first-order valence-electron chi connectivity index (χ1n) is 7.49. The van der Waals surface area contributed by atoms with Crippen molar-refractivity contribution in [2.75, 3.05) is 19.8 Å². The van der Waals surface area contributed by atoms with Gasteiger partial charge in [0.15, 0.2) is 0 Å². The van der Waals surface area contributed by atoms with Crippen LogP contribution in [0.2, 0.25) is 0 Å². The molecule has 1 aromatic carbocycles. The van der Waals surface area contributed by atoms with Crippen molar-refractivity contribution in [2.45, 2.75) is 12.5 Å². The lowest BCUT2D eigenvalue weighted by Gasteiger charge is -2.34. The Hall–Kier alpha value is -2.81. The summed E-state index contributed by atoms with van der Waals surface area (Å²) in [5.74, 6) is -0.679. The van der Waals surface area contributed by atoms with Crippen LogP contribution < -0.4 is 0 Å². The molecule has 1 fully saturated rings. The maximum absolute atomic E-state index is 12.7. The molecule has 9 nitrogen and oxygen atoms in total. The Bertz CT molecular complexity index is 743. The summed E-state index contributed by atoms with van der Waals surface area (Å²) >= 11 is 0. The van der Waals surface area contributed by atoms with E-state index in [0.717, 1.165) is 5.56 Å². The van der Waals surface area contributed by atoms with E-state index in [2.05, 4.69) is 15.4 Å². The molecule has 9 heteroatoms. The van der Waals surface area contributed by atoms with Gasteiger partial charge >= 0.3 is 5.97 Å². The maximum Gasteiger partial charge on any atom is 0.305 e. The summed E-state index contributed by atoms with van der Waals surface area (Å²) < 4.78 is 5.30. The second-order valence-electron chi connectivity index (χ2n) is 5.50. The van der Waals surface area contributed by atoms with Gasteiger partial charge in [-0.15, -0.1) is 10.2 Å². The van der Waals surface area contributed by atoms with Crippen molar-refractivity contribution in [2.24, 2.45) is 7.05 Å². The van der Waals surface area contributed by atoms with E-state index in [1.54, 1.807) is 36.2 Å². The van der Waals surface area contributed by atoms with Crippen LogP contribution in [0.25, 0.3) is 11.4 Å². The van der Waals surface area contributed by atoms with E-state index in [-0.39, 0.29) is 18.9 Å². The molecule has 2 aromatic rings. The minimum atomic E-state index is -0.952. The van der Waals surface area contributed by atoms with E-state index in [9.17, 15) is 9.59 Å². The van der Waals surface area contributed by atoms with Crippen molar-refractivity contribution >= 4 is 11.9 Å². The number of aromatic nitrogens is 4. The monoisotopic (exact) mass is 331 g/mol. The number of amides is 1. The Labute approximate surface area is 137 Å². The summed E-state index contributed by atoms with van der Waals surface area (Å²) in [6, 6.07) is 6.40. The second-order valence-corrected chi connectivity index (χ2v) is 5.50. The molecule has 1 aliphatic rings. The highest BCUT2D eigenvalue weighted by molar-refractivity contribution is 5.95. The van der Waals surface area contributed by atoms with Crippen LogP contribution in [0.15, 0.2) is 24.3 Å². The molecule has 0 bridgehead atoms. The Morgan fingerprint density at radius 3 is 2.71 bits per heavy atom. The summed E-state index contributed by atoms with van der Waals surface area (Å²) in [6.45, 7) is 1.02. The van der Waals surface area contributed by atoms with Crippen LogP contribution in [0, 0.1) is 0 Å². The topological polar surface area (TPSA) is 110 Å². The summed E-state index contributed by atoms with van der Waals surface area (Å²) in [6.07, 6.45) is -0.132. The lowest BCUT2D eigenvalue weighted by Crippen LogP contribution is -2.49. The Morgan fingerprint density at radius 2 is 2.08 bits per heavy atom. The molecule has 0 aliphatic carbocycles. The molecule has 0 saturated carbocycles. The Kier molecular flexibility index (Phi) is 4.52. The number of carbonyl (C=O) groups excluding carboxylic acids is 1. The first-order chi connectivity index (χ1) is 11.5. The molecular formula is C15H17N5O4. The van der Waals surface area contributed by atoms with Gasteiger partial charge in [-0.2, -0.15) is 4.80 Å². The van der Waals surface area contributed by atoms with Gasteiger partial charge in [0.2, 0.25) is 5.82 Å². The Morgan fingerprint density at radius 1 is 1.33 bits per heavy atom. The molecule has 126 valence electrons. The normalized spacial score (nSPS) is 17.7. The van der Waals surface area contributed by atoms with E-state index >= 15 is 0 Å². The van der Waals surface area contributed by atoms with Gasteiger partial charge in [0.05, 0.1) is 32.7 Å². The number of benzene rings is 1. The largest absolute Gasteiger partial charge is 0.481 e. The number of carboxylic acid groups (broad SMARTS) is 1. The zero-order valence-electron chi connectivity index (χ0n) is 13.1. The van der Waals surface area contributed by atoms with Crippen LogP contribution in [-0.2, 0) is 16.6 Å². The zero-order chi connectivity index (χ0) is 17.1. The molecule has 1 saturated heterocycles. The van der Waals surface area contributed by atoms with Crippen molar-refractivity contribution in [3.63, 3.8) is 0 Å². The number of hydrogen-bond donors (Lipinski definition) is 1. The highest BCUT2D eigenvalue weighted by Gasteiger charge is 2.29. The molecule has 0 spiro atoms. The van der Waals surface area contributed by atoms with E-state index in [1.165, 1.54) is 4.80 Å². The average Bonchev–Trinajstić information content (AvgIpc) is 3.01. The van der Waals surface area contributed by atoms with Crippen LogP contribution in [0.3, 0.4) is 0 Å². The number of tetrazole rings is 1. The number of morpholine rings is 1. The number of hydrogen-bond acceptors (Lipinski definition) is 6. The third kappa shape index (κ3) is 3.40. The van der Waals surface area contributed by atoms with Crippen LogP contribution in [0.1, 0.15) is 16.8 Å². The smallest absolute Gasteiger partial charge is 0.305 e. The average molecular weight is 331 g/mol. The molecule has 24 heavy (non-hydrogen) atoms. The van der Waals surface area contributed by atoms with Gasteiger partial charge in [-0.3, -0.25) is 9.59 Å². The van der Waals surface area contributed by atoms with Gasteiger partial charge in [-0.05, 0) is 17.3 Å². The predicted octanol–water partition coefficient (Wildman–Crippen LogP) is 0.193. The number of rotatable bonds is 4. The number of ether oxygens (including phenoxy) is 1. The van der Waals surface area contributed by atoms with Crippen LogP contribution in [0.5, 0.6) is 0 Å². The van der Waals surface area contributed by atoms with Crippen LogP contribution in [0.4, 0.5) is 0 Å². The third-order valence-electron chi connectivity index (χ3n) is 3.80. The maximum atomic E-state index is 12.7. The molecule has 1 N–H and O–H groups in total. The van der Waals surface area contributed by atoms with E-state index in [0.29, 0.717) is 24.5 Å². The Balaban J connectivity index is 1.77. The quantitative estimate of drug-likeness (QED) is 0.851. The van der Waals surface area contributed by atoms with E-state index in [4.69, 9.17) is 9.84 Å². The fraction of sp³-hybridized carbons (Fsp3) is 0.400. The summed E-state index contributed by atoms with van der Waals surface area (Å²) in [4.78, 5) is 26.6. The van der Waals surface area contributed by atoms with E-state index in [1.807, 2.05) is 0 Å². The van der Waals surface area contributed by atoms with Gasteiger partial charge < -0.3 is 14.7 Å². The molecule has 1 atom stereocenters. The summed E-state index contributed by atoms with van der Waals surface area (Å²) in [5, 5.41) is 20.8. The molecule has 1 amide bonds. The van der Waals surface area contributed by atoms with Gasteiger partial charge in [0, 0.05) is 17.7 Å². The number of carbonyl (C=O) groups is 2. The first kappa shape index (κ1) is 16.1. The third-order valence-corrected chi connectivity index (χ3v) is 3.80. The highest BCUT2D eigenvalue weighted by Crippen LogP contribution is 2.18. The fourth-order valence-electron chi connectivity index (χ4n) is 2.62. The molecule has 3 rings (SSSR count). The molecular weight excluding hydrogens is 314 g/mol. The molecule has 1 aliphatic heterocycles. The minimum Gasteiger partial charge on any atom is -0.481 e. The molecule has 2 heterocycles. The van der Waals surface area contributed by atoms with E-state index < -0.39 is 12.0 Å². The number of aryl methyl sites for hydroxylation is 1. The predicted molar refractivity (Wildman–Crippen MR) is 82.1 cm³/mol. The minimum absolute atomic E-state index is 0.132. The van der Waals surface area contributed by atoms with Crippen molar-refractivity contribution in [1.29, 1.82) is 0 Å². The summed E-state index contributed by atoms with van der Waals surface area (Å²) in [5.41, 5.74) is 1.24. The van der Waals surface area contributed by atoms with Crippen molar-refractivity contribution in [1.82, 2.24) is 25.1 Å². The molecule has 0 radical (unpaired) electrons. The van der Waals surface area contributed by atoms with Crippen molar-refractivity contribution < 1.29 is 19.4 Å². The van der Waals surface area contributed by atoms with Crippen LogP contribution in [-0.4, -0.2) is 67.9 Å². The second kappa shape index (κ2) is 6.75. The molecule has 1 aromatic heterocycles. The zero-order valence-corrected chi connectivity index (χ0v) is 13.1. The van der Waals surface area contributed by atoms with Crippen molar-refractivity contribution in [3.05, 3.63) is 29.8 Å². The lowest BCUT2D eigenvalue weighted by atomic mass is 10.1. The standard InChI is InChI=1S/C15H17N5O4/c1-19-17-14(16-18-19)10-2-4-11(5-3-10)15(23)20-6-7-24-9-12(20)8-13(21)22/h2-5,12H,6-9H2,1H3,(H,21,22)/t12-/m1/s1. The van der Waals surface area contributed by atoms with Gasteiger partial charge in [-0.25, -0.2) is 0 Å². The molecule has 0 unspecified atom stereocenters. The highest BCUT2D eigenvalue weighted by atomic mass is 16.5. The fourth-order valence-corrected chi connectivity index (χ4v) is 2.62. The number of aliphatic carboxylic acids is 1. The lowest BCUT2D eigenvalue weighted by molar-refractivity contribution is -0.139. The van der Waals surface area contributed by atoms with Gasteiger partial charge in [0.1, 0.15) is 0 Å². The summed E-state index contributed by atoms with van der Waals surface area (Å²) in [7, 11) is 1.68. The first-order valence-corrected chi connectivity index (χ1v) is 7.49. The van der Waals surface area contributed by atoms with Crippen LogP contribution >= 0.6 is 0 Å².